The molecule has 0 amide bonds. The number of nitrogen functional groups attached to an aromatic ring is 1. The zero-order chi connectivity index (χ0) is 15.4. The van der Waals surface area contributed by atoms with Crippen molar-refractivity contribution < 1.29 is 0 Å². The molecule has 4 N–H and O–H groups in total. The summed E-state index contributed by atoms with van der Waals surface area (Å²) in [6.45, 7) is 1.92. The lowest BCUT2D eigenvalue weighted by molar-refractivity contribution is 0.462. The molecule has 0 radical (unpaired) electrons. The Hall–Kier alpha value is -2.30. The molecular weight excluding hydrogens is 274 g/mol. The normalized spacial score (nSPS) is 15.5. The number of nitrogens with one attached hydrogen (secondary N) is 2. The van der Waals surface area contributed by atoms with E-state index in [1.165, 1.54) is 32.1 Å². The molecule has 5 heteroatoms. The average Bonchev–Trinajstić information content (AvgIpc) is 2.50. The SMILES string of the molecule is Cc1nc(Nc2ccc(N)cc2)cc(NC2CCCCC2)n1. The van der Waals surface area contributed by atoms with Crippen LogP contribution >= 0.6 is 0 Å². The van der Waals surface area contributed by atoms with Gasteiger partial charge in [-0.15, -0.1) is 0 Å². The number of hydrogen-bond donors (Lipinski definition) is 3. The van der Waals surface area contributed by atoms with Crippen molar-refractivity contribution in [1.29, 1.82) is 0 Å². The molecule has 1 saturated carbocycles. The molecule has 1 aromatic carbocycles. The summed E-state index contributed by atoms with van der Waals surface area (Å²) < 4.78 is 0. The van der Waals surface area contributed by atoms with Gasteiger partial charge in [-0.1, -0.05) is 19.3 Å². The number of anilines is 4. The van der Waals surface area contributed by atoms with E-state index < -0.39 is 0 Å². The van der Waals surface area contributed by atoms with E-state index in [1.807, 2.05) is 37.3 Å². The monoisotopic (exact) mass is 297 g/mol. The van der Waals surface area contributed by atoms with Crippen molar-refractivity contribution in [1.82, 2.24) is 9.97 Å². The minimum atomic E-state index is 0.535. The summed E-state index contributed by atoms with van der Waals surface area (Å²) >= 11 is 0. The van der Waals surface area contributed by atoms with Crippen molar-refractivity contribution in [2.24, 2.45) is 0 Å². The van der Waals surface area contributed by atoms with Crippen LogP contribution in [0.2, 0.25) is 0 Å². The van der Waals surface area contributed by atoms with Gasteiger partial charge in [0.25, 0.3) is 0 Å². The molecule has 0 atom stereocenters. The second-order valence-electron chi connectivity index (χ2n) is 5.91. The van der Waals surface area contributed by atoms with Crippen LogP contribution in [0.15, 0.2) is 30.3 Å². The van der Waals surface area contributed by atoms with Gasteiger partial charge in [-0.05, 0) is 44.0 Å². The highest BCUT2D eigenvalue weighted by Gasteiger charge is 2.14. The summed E-state index contributed by atoms with van der Waals surface area (Å²) in [7, 11) is 0. The minimum Gasteiger partial charge on any atom is -0.399 e. The second-order valence-corrected chi connectivity index (χ2v) is 5.91. The molecule has 0 spiro atoms. The van der Waals surface area contributed by atoms with Crippen LogP contribution in [0.5, 0.6) is 0 Å². The number of aryl methyl sites for hydroxylation is 1. The molecule has 116 valence electrons. The fourth-order valence-electron chi connectivity index (χ4n) is 2.88. The number of benzene rings is 1. The van der Waals surface area contributed by atoms with Crippen LogP contribution in [0.3, 0.4) is 0 Å². The molecule has 0 unspecified atom stereocenters. The molecule has 1 aromatic heterocycles. The van der Waals surface area contributed by atoms with Crippen molar-refractivity contribution in [3.05, 3.63) is 36.2 Å². The van der Waals surface area contributed by atoms with Gasteiger partial charge in [-0.2, -0.15) is 0 Å². The molecule has 1 aliphatic rings. The van der Waals surface area contributed by atoms with Crippen LogP contribution in [-0.2, 0) is 0 Å². The Morgan fingerprint density at radius 3 is 2.41 bits per heavy atom. The van der Waals surface area contributed by atoms with Gasteiger partial charge in [-0.3, -0.25) is 0 Å². The van der Waals surface area contributed by atoms with Gasteiger partial charge in [0.2, 0.25) is 0 Å². The third-order valence-electron chi connectivity index (χ3n) is 3.98. The maximum atomic E-state index is 5.71. The van der Waals surface area contributed by atoms with E-state index >= 15 is 0 Å². The maximum absolute atomic E-state index is 5.71. The molecule has 3 rings (SSSR count). The van der Waals surface area contributed by atoms with Crippen LogP contribution in [0.4, 0.5) is 23.0 Å². The van der Waals surface area contributed by atoms with E-state index in [1.54, 1.807) is 0 Å². The van der Waals surface area contributed by atoms with E-state index in [9.17, 15) is 0 Å². The zero-order valence-electron chi connectivity index (χ0n) is 13.0. The molecule has 1 aliphatic carbocycles. The molecule has 0 bridgehead atoms. The third kappa shape index (κ3) is 3.87. The molecular formula is C17H23N5. The van der Waals surface area contributed by atoms with Crippen molar-refractivity contribution >= 4 is 23.0 Å². The highest BCUT2D eigenvalue weighted by atomic mass is 15.1. The summed E-state index contributed by atoms with van der Waals surface area (Å²) in [6.07, 6.45) is 6.41. The van der Waals surface area contributed by atoms with E-state index in [0.29, 0.717) is 6.04 Å². The lowest BCUT2D eigenvalue weighted by Crippen LogP contribution is -2.23. The second kappa shape index (κ2) is 6.64. The Morgan fingerprint density at radius 2 is 1.68 bits per heavy atom. The Labute approximate surface area is 131 Å². The first-order chi connectivity index (χ1) is 10.7. The highest BCUT2D eigenvalue weighted by Crippen LogP contribution is 2.23. The number of nitrogens with zero attached hydrogens (tertiary/aromatic N) is 2. The van der Waals surface area contributed by atoms with Crippen LogP contribution in [0.1, 0.15) is 37.9 Å². The van der Waals surface area contributed by atoms with Gasteiger partial charge in [-0.25, -0.2) is 9.97 Å². The molecule has 2 aromatic rings. The molecule has 1 heterocycles. The van der Waals surface area contributed by atoms with E-state index in [-0.39, 0.29) is 0 Å². The quantitative estimate of drug-likeness (QED) is 0.747. The Bertz CT molecular complexity index is 617. The van der Waals surface area contributed by atoms with Gasteiger partial charge in [0.1, 0.15) is 17.5 Å². The van der Waals surface area contributed by atoms with E-state index in [4.69, 9.17) is 5.73 Å². The molecule has 5 nitrogen and oxygen atoms in total. The average molecular weight is 297 g/mol. The highest BCUT2D eigenvalue weighted by molar-refractivity contribution is 5.61. The third-order valence-corrected chi connectivity index (χ3v) is 3.98. The summed E-state index contributed by atoms with van der Waals surface area (Å²) in [6, 6.07) is 10.1. The standard InChI is InChI=1S/C17H23N5/c1-12-19-16(21-14-5-3-2-4-6-14)11-17(20-12)22-15-9-7-13(18)8-10-15/h7-11,14H,2-6,18H2,1H3,(H2,19,20,21,22). The predicted octanol–water partition coefficient (Wildman–Crippen LogP) is 3.86. The van der Waals surface area contributed by atoms with Crippen molar-refractivity contribution in [2.75, 3.05) is 16.4 Å². The fourth-order valence-corrected chi connectivity index (χ4v) is 2.88. The van der Waals surface area contributed by atoms with Crippen molar-refractivity contribution in [3.63, 3.8) is 0 Å². The summed E-state index contributed by atoms with van der Waals surface area (Å²) in [5, 5.41) is 6.85. The van der Waals surface area contributed by atoms with Gasteiger partial charge >= 0.3 is 0 Å². The number of rotatable bonds is 4. The lowest BCUT2D eigenvalue weighted by atomic mass is 9.95. The first-order valence-corrected chi connectivity index (χ1v) is 7.94. The van der Waals surface area contributed by atoms with Crippen LogP contribution in [-0.4, -0.2) is 16.0 Å². The first-order valence-electron chi connectivity index (χ1n) is 7.94. The minimum absolute atomic E-state index is 0.535. The molecule has 0 aliphatic heterocycles. The summed E-state index contributed by atoms with van der Waals surface area (Å²) in [5.41, 5.74) is 7.43. The largest absolute Gasteiger partial charge is 0.399 e. The smallest absolute Gasteiger partial charge is 0.136 e. The molecule has 0 saturated heterocycles. The number of aromatic nitrogens is 2. The van der Waals surface area contributed by atoms with Crippen molar-refractivity contribution in [3.8, 4) is 0 Å². The topological polar surface area (TPSA) is 75.9 Å². The number of nitrogens with two attached hydrogens (primary N) is 1. The Morgan fingerprint density at radius 1 is 1.00 bits per heavy atom. The maximum Gasteiger partial charge on any atom is 0.136 e. The molecule has 1 fully saturated rings. The van der Waals surface area contributed by atoms with Gasteiger partial charge in [0, 0.05) is 23.5 Å². The predicted molar refractivity (Wildman–Crippen MR) is 91.4 cm³/mol. The lowest BCUT2D eigenvalue weighted by Gasteiger charge is -2.23. The summed E-state index contributed by atoms with van der Waals surface area (Å²) in [5.74, 6) is 2.46. The summed E-state index contributed by atoms with van der Waals surface area (Å²) in [4.78, 5) is 8.95. The first kappa shape index (κ1) is 14.6. The van der Waals surface area contributed by atoms with Crippen molar-refractivity contribution in [2.45, 2.75) is 45.1 Å². The van der Waals surface area contributed by atoms with Crippen LogP contribution < -0.4 is 16.4 Å². The number of hydrogen-bond acceptors (Lipinski definition) is 5. The fraction of sp³-hybridized carbons (Fsp3) is 0.412. The van der Waals surface area contributed by atoms with Gasteiger partial charge in [0.15, 0.2) is 0 Å². The molecule has 22 heavy (non-hydrogen) atoms. The van der Waals surface area contributed by atoms with Gasteiger partial charge in [0.05, 0.1) is 0 Å². The van der Waals surface area contributed by atoms with E-state index in [2.05, 4.69) is 20.6 Å². The zero-order valence-corrected chi connectivity index (χ0v) is 13.0. The van der Waals surface area contributed by atoms with E-state index in [0.717, 1.165) is 28.8 Å². The Balaban J connectivity index is 1.72. The van der Waals surface area contributed by atoms with Crippen LogP contribution in [0.25, 0.3) is 0 Å². The Kier molecular flexibility index (Phi) is 4.42. The van der Waals surface area contributed by atoms with Gasteiger partial charge < -0.3 is 16.4 Å². The van der Waals surface area contributed by atoms with Crippen LogP contribution in [0, 0.1) is 6.92 Å².